The van der Waals surface area contributed by atoms with Crippen LogP contribution in [0.1, 0.15) is 65.7 Å². The molecule has 2 heterocycles. The molecular formula is C30H44O9. The van der Waals surface area contributed by atoms with Gasteiger partial charge in [-0.3, -0.25) is 0 Å². The number of hydrogen-bond acceptors (Lipinski definition) is 9. The van der Waals surface area contributed by atoms with Crippen LogP contribution in [-0.2, 0) is 23.7 Å². The van der Waals surface area contributed by atoms with Crippen LogP contribution < -0.4 is 0 Å². The Hall–Kier alpha value is -1.33. The third-order valence-corrected chi connectivity index (χ3v) is 11.9. The van der Waals surface area contributed by atoms with Crippen LogP contribution in [0.2, 0.25) is 0 Å². The van der Waals surface area contributed by atoms with Gasteiger partial charge in [0.15, 0.2) is 6.29 Å². The number of carbonyl (C=O) groups excluding carboxylic acids is 1. The summed E-state index contributed by atoms with van der Waals surface area (Å²) in [7, 11) is 1.44. The summed E-state index contributed by atoms with van der Waals surface area (Å²) in [6, 6.07) is 0. The quantitative estimate of drug-likeness (QED) is 0.307. The summed E-state index contributed by atoms with van der Waals surface area (Å²) in [6.07, 6.45) is 3.33. The second kappa shape index (κ2) is 9.61. The van der Waals surface area contributed by atoms with Crippen molar-refractivity contribution in [1.29, 1.82) is 0 Å². The van der Waals surface area contributed by atoms with Gasteiger partial charge >= 0.3 is 5.97 Å². The molecule has 6 aliphatic rings. The minimum absolute atomic E-state index is 0.0578. The molecule has 4 fully saturated rings. The van der Waals surface area contributed by atoms with E-state index in [1.807, 2.05) is 0 Å². The van der Waals surface area contributed by atoms with Crippen molar-refractivity contribution in [2.24, 2.45) is 28.6 Å². The van der Waals surface area contributed by atoms with Crippen LogP contribution in [0.4, 0.5) is 0 Å². The van der Waals surface area contributed by atoms with Crippen molar-refractivity contribution in [2.75, 3.05) is 13.7 Å². The predicted molar refractivity (Wildman–Crippen MR) is 139 cm³/mol. The topological polar surface area (TPSA) is 135 Å². The van der Waals surface area contributed by atoms with E-state index in [0.29, 0.717) is 19.4 Å². The summed E-state index contributed by atoms with van der Waals surface area (Å²) in [5, 5.41) is 45.1. The first-order valence-electron chi connectivity index (χ1n) is 14.6. The smallest absolute Gasteiger partial charge is 0.331 e. The molecule has 13 atom stereocenters. The van der Waals surface area contributed by atoms with Gasteiger partial charge in [-0.1, -0.05) is 25.5 Å². The van der Waals surface area contributed by atoms with Crippen LogP contribution in [0.25, 0.3) is 0 Å². The highest BCUT2D eigenvalue weighted by molar-refractivity contribution is 5.85. The zero-order valence-corrected chi connectivity index (χ0v) is 23.4. The SMILES string of the molecule is COC1C(O)C(C)OC(OC2C=C3CC[C@@H]4[C@H](CC[C@]5(C)[C@@H](C6=CC(=O)OC6)CC[C@]45O)[C@@]3(C)C(O)C2)C1O. The average molecular weight is 549 g/mol. The van der Waals surface area contributed by atoms with Crippen LogP contribution >= 0.6 is 0 Å². The maximum absolute atomic E-state index is 12.4. The van der Waals surface area contributed by atoms with Crippen molar-refractivity contribution in [1.82, 2.24) is 0 Å². The molecule has 218 valence electrons. The molecule has 4 aliphatic carbocycles. The van der Waals surface area contributed by atoms with Gasteiger partial charge in [0.2, 0.25) is 0 Å². The molecular weight excluding hydrogens is 504 g/mol. The molecule has 0 aromatic heterocycles. The number of aliphatic hydroxyl groups is 4. The van der Waals surface area contributed by atoms with Gasteiger partial charge in [0.1, 0.15) is 24.9 Å². The molecule has 9 nitrogen and oxygen atoms in total. The molecule has 0 bridgehead atoms. The predicted octanol–water partition coefficient (Wildman–Crippen LogP) is 2.00. The van der Waals surface area contributed by atoms with E-state index in [0.717, 1.165) is 43.3 Å². The highest BCUT2D eigenvalue weighted by atomic mass is 16.7. The fraction of sp³-hybridized carbons (Fsp3) is 0.833. The average Bonchev–Trinajstić information content (AvgIpc) is 3.43. The van der Waals surface area contributed by atoms with Gasteiger partial charge in [-0.05, 0) is 68.8 Å². The zero-order valence-electron chi connectivity index (χ0n) is 23.4. The van der Waals surface area contributed by atoms with Crippen molar-refractivity contribution < 1.29 is 44.2 Å². The van der Waals surface area contributed by atoms with E-state index >= 15 is 0 Å². The molecule has 0 radical (unpaired) electrons. The molecule has 4 N–H and O–H groups in total. The summed E-state index contributed by atoms with van der Waals surface area (Å²) < 4.78 is 22.5. The lowest BCUT2D eigenvalue weighted by atomic mass is 9.44. The largest absolute Gasteiger partial charge is 0.458 e. The first-order valence-corrected chi connectivity index (χ1v) is 14.6. The number of rotatable bonds is 4. The summed E-state index contributed by atoms with van der Waals surface area (Å²) in [4.78, 5) is 11.8. The molecule has 9 heteroatoms. The second-order valence-corrected chi connectivity index (χ2v) is 13.3. The molecule has 0 spiro atoms. The number of carbonyl (C=O) groups is 1. The molecule has 0 amide bonds. The van der Waals surface area contributed by atoms with Crippen LogP contribution in [0, 0.1) is 28.6 Å². The number of methoxy groups -OCH3 is 1. The van der Waals surface area contributed by atoms with Gasteiger partial charge in [-0.2, -0.15) is 0 Å². The maximum atomic E-state index is 12.4. The van der Waals surface area contributed by atoms with E-state index in [1.165, 1.54) is 7.11 Å². The monoisotopic (exact) mass is 548 g/mol. The van der Waals surface area contributed by atoms with E-state index in [9.17, 15) is 25.2 Å². The maximum Gasteiger partial charge on any atom is 0.331 e. The Labute approximate surface area is 230 Å². The van der Waals surface area contributed by atoms with Crippen molar-refractivity contribution >= 4 is 5.97 Å². The number of hydrogen-bond donors (Lipinski definition) is 4. The van der Waals surface area contributed by atoms with Gasteiger partial charge in [0.05, 0.1) is 23.9 Å². The van der Waals surface area contributed by atoms with E-state index in [2.05, 4.69) is 19.9 Å². The lowest BCUT2D eigenvalue weighted by Crippen LogP contribution is -2.63. The number of aliphatic hydroxyl groups excluding tert-OH is 3. The minimum atomic E-state index is -1.16. The number of esters is 1. The first kappa shape index (κ1) is 27.8. The fourth-order valence-electron chi connectivity index (χ4n) is 9.56. The van der Waals surface area contributed by atoms with Crippen LogP contribution in [0.15, 0.2) is 23.3 Å². The highest BCUT2D eigenvalue weighted by Crippen LogP contribution is 2.69. The Balaban J connectivity index is 1.23. The minimum Gasteiger partial charge on any atom is -0.458 e. The van der Waals surface area contributed by atoms with E-state index in [1.54, 1.807) is 13.0 Å². The van der Waals surface area contributed by atoms with E-state index in [4.69, 9.17) is 18.9 Å². The Morgan fingerprint density at radius 2 is 1.82 bits per heavy atom. The van der Waals surface area contributed by atoms with Crippen LogP contribution in [0.3, 0.4) is 0 Å². The van der Waals surface area contributed by atoms with Crippen LogP contribution in [-0.4, -0.2) is 88.6 Å². The lowest BCUT2D eigenvalue weighted by Gasteiger charge is -2.62. The Kier molecular flexibility index (Phi) is 6.86. The molecule has 0 aromatic rings. The van der Waals surface area contributed by atoms with Gasteiger partial charge in [0.25, 0.3) is 0 Å². The first-order chi connectivity index (χ1) is 18.4. The summed E-state index contributed by atoms with van der Waals surface area (Å²) in [5.74, 6) is 0.0366. The van der Waals surface area contributed by atoms with E-state index < -0.39 is 53.9 Å². The molecule has 2 aliphatic heterocycles. The Bertz CT molecular complexity index is 1060. The highest BCUT2D eigenvalue weighted by Gasteiger charge is 2.68. The number of ether oxygens (including phenoxy) is 4. The molecule has 6 rings (SSSR count). The van der Waals surface area contributed by atoms with Gasteiger partial charge in [0, 0.05) is 30.4 Å². The van der Waals surface area contributed by atoms with Gasteiger partial charge < -0.3 is 39.4 Å². The van der Waals surface area contributed by atoms with E-state index in [-0.39, 0.29) is 29.1 Å². The molecule has 1 saturated heterocycles. The van der Waals surface area contributed by atoms with Crippen molar-refractivity contribution in [3.63, 3.8) is 0 Å². The van der Waals surface area contributed by atoms with Crippen LogP contribution in [0.5, 0.6) is 0 Å². The Morgan fingerprint density at radius 1 is 1.05 bits per heavy atom. The van der Waals surface area contributed by atoms with Crippen molar-refractivity contribution in [3.8, 4) is 0 Å². The third-order valence-electron chi connectivity index (χ3n) is 11.9. The fourth-order valence-corrected chi connectivity index (χ4v) is 9.56. The van der Waals surface area contributed by atoms with Crippen molar-refractivity contribution in [3.05, 3.63) is 23.3 Å². The standard InChI is InChI=1S/C30H44O9/c1-15-24(33)26(36-4)25(34)27(38-15)39-18-12-17-5-6-21-20(29(17,3)22(31)13-18)7-9-28(2)19(8-10-30(21,28)35)16-11-23(32)37-14-16/h11-12,15,18-22,24-27,31,33-35H,5-10,13-14H2,1-4H3/t15?,18?,19-,20+,21-,22?,24?,25?,26?,27?,28-,29+,30+/m1/s1. The zero-order chi connectivity index (χ0) is 27.9. The third kappa shape index (κ3) is 3.95. The molecule has 3 saturated carbocycles. The Morgan fingerprint density at radius 3 is 2.51 bits per heavy atom. The summed E-state index contributed by atoms with van der Waals surface area (Å²) >= 11 is 0. The van der Waals surface area contributed by atoms with Crippen molar-refractivity contribution in [2.45, 2.75) is 114 Å². The second-order valence-electron chi connectivity index (χ2n) is 13.3. The number of fused-ring (bicyclic) bond motifs is 5. The number of cyclic esters (lactones) is 1. The molecule has 7 unspecified atom stereocenters. The summed E-state index contributed by atoms with van der Waals surface area (Å²) in [5.41, 5.74) is 0.495. The van der Waals surface area contributed by atoms with Gasteiger partial charge in [-0.15, -0.1) is 0 Å². The normalized spacial score (nSPS) is 53.3. The molecule has 39 heavy (non-hydrogen) atoms. The van der Waals surface area contributed by atoms with Gasteiger partial charge in [-0.25, -0.2) is 4.79 Å². The summed E-state index contributed by atoms with van der Waals surface area (Å²) in [6.45, 7) is 6.39. The molecule has 0 aromatic carbocycles. The lowest BCUT2D eigenvalue weighted by molar-refractivity contribution is -0.306.